The number of halogens is 1. The van der Waals surface area contributed by atoms with Gasteiger partial charge in [0.15, 0.2) is 11.0 Å². The van der Waals surface area contributed by atoms with Gasteiger partial charge in [-0.15, -0.1) is 0 Å². The number of aryl methyl sites for hydroxylation is 1. The van der Waals surface area contributed by atoms with Crippen LogP contribution in [-0.2, 0) is 0 Å². The van der Waals surface area contributed by atoms with E-state index in [9.17, 15) is 0 Å². The number of rotatable bonds is 4. The molecule has 0 spiro atoms. The number of hydrogen-bond acceptors (Lipinski definition) is 7. The van der Waals surface area contributed by atoms with E-state index < -0.39 is 0 Å². The summed E-state index contributed by atoms with van der Waals surface area (Å²) in [7, 11) is 0. The Labute approximate surface area is 153 Å². The molecule has 0 amide bonds. The number of benzene rings is 1. The van der Waals surface area contributed by atoms with Crippen molar-refractivity contribution in [1.82, 2.24) is 19.7 Å². The lowest BCUT2D eigenvalue weighted by Gasteiger charge is -2.11. The quantitative estimate of drug-likeness (QED) is 0.551. The van der Waals surface area contributed by atoms with Crippen molar-refractivity contribution in [1.29, 1.82) is 5.26 Å². The van der Waals surface area contributed by atoms with Crippen LogP contribution in [0.2, 0.25) is 5.02 Å². The van der Waals surface area contributed by atoms with Crippen molar-refractivity contribution in [2.75, 3.05) is 12.0 Å². The van der Waals surface area contributed by atoms with E-state index in [2.05, 4.69) is 15.1 Å². The molecule has 9 heteroatoms. The van der Waals surface area contributed by atoms with Crippen molar-refractivity contribution in [3.8, 4) is 23.5 Å². The lowest BCUT2D eigenvalue weighted by atomic mass is 10.2. The molecule has 0 saturated carbocycles. The molecule has 0 radical (unpaired) electrons. The van der Waals surface area contributed by atoms with Crippen LogP contribution in [0, 0.1) is 18.3 Å². The van der Waals surface area contributed by atoms with Crippen LogP contribution in [0.15, 0.2) is 35.6 Å². The standard InChI is InChI=1S/C16H13ClN6OS/c1-9-5-11(17)3-4-12(9)24-14-6-13(21-16(22-14)25-2)23-15(19)10(7-18)8-20-23/h3-6,8H,19H2,1-2H3. The fourth-order valence-corrected chi connectivity index (χ4v) is 2.70. The predicted molar refractivity (Wildman–Crippen MR) is 96.3 cm³/mol. The fraction of sp³-hybridized carbons (Fsp3) is 0.125. The van der Waals surface area contributed by atoms with E-state index in [1.807, 2.05) is 19.2 Å². The molecule has 0 aliphatic heterocycles. The zero-order chi connectivity index (χ0) is 18.0. The van der Waals surface area contributed by atoms with Crippen LogP contribution in [0.1, 0.15) is 11.1 Å². The summed E-state index contributed by atoms with van der Waals surface area (Å²) in [6, 6.07) is 8.91. The Hall–Kier alpha value is -2.76. The molecule has 0 aliphatic rings. The van der Waals surface area contributed by atoms with Crippen LogP contribution in [0.3, 0.4) is 0 Å². The van der Waals surface area contributed by atoms with Crippen LogP contribution in [0.25, 0.3) is 5.82 Å². The van der Waals surface area contributed by atoms with Gasteiger partial charge >= 0.3 is 0 Å². The summed E-state index contributed by atoms with van der Waals surface area (Å²) in [5.74, 6) is 1.60. The van der Waals surface area contributed by atoms with Crippen molar-refractivity contribution >= 4 is 29.2 Å². The number of hydrogen-bond donors (Lipinski definition) is 1. The van der Waals surface area contributed by atoms with Gasteiger partial charge in [0.25, 0.3) is 0 Å². The molecule has 0 saturated heterocycles. The Morgan fingerprint density at radius 1 is 1.32 bits per heavy atom. The molecule has 126 valence electrons. The molecule has 2 aromatic heterocycles. The third-order valence-corrected chi connectivity index (χ3v) is 4.13. The Morgan fingerprint density at radius 3 is 2.76 bits per heavy atom. The van der Waals surface area contributed by atoms with Gasteiger partial charge in [0.2, 0.25) is 5.88 Å². The number of thioether (sulfide) groups is 1. The third-order valence-electron chi connectivity index (χ3n) is 3.35. The van der Waals surface area contributed by atoms with Crippen LogP contribution < -0.4 is 10.5 Å². The highest BCUT2D eigenvalue weighted by atomic mass is 35.5. The van der Waals surface area contributed by atoms with Crippen molar-refractivity contribution in [2.45, 2.75) is 12.1 Å². The van der Waals surface area contributed by atoms with E-state index in [1.165, 1.54) is 22.6 Å². The monoisotopic (exact) mass is 372 g/mol. The normalized spacial score (nSPS) is 10.5. The predicted octanol–water partition coefficient (Wildman–Crippen LogP) is 3.59. The second kappa shape index (κ2) is 7.01. The molecule has 7 nitrogen and oxygen atoms in total. The van der Waals surface area contributed by atoms with Gasteiger partial charge in [-0.3, -0.25) is 0 Å². The molecule has 0 aliphatic carbocycles. The molecule has 0 fully saturated rings. The van der Waals surface area contributed by atoms with Gasteiger partial charge in [0.05, 0.1) is 6.20 Å². The Morgan fingerprint density at radius 2 is 2.12 bits per heavy atom. The maximum Gasteiger partial charge on any atom is 0.225 e. The third kappa shape index (κ3) is 3.52. The SMILES string of the molecule is CSc1nc(Oc2ccc(Cl)cc2C)cc(-n2ncc(C#N)c2N)n1. The second-order valence-electron chi connectivity index (χ2n) is 5.03. The number of ether oxygens (including phenoxy) is 1. The molecule has 3 rings (SSSR count). The van der Waals surface area contributed by atoms with Gasteiger partial charge in [0, 0.05) is 11.1 Å². The van der Waals surface area contributed by atoms with Crippen LogP contribution >= 0.6 is 23.4 Å². The lowest BCUT2D eigenvalue weighted by Crippen LogP contribution is -2.06. The largest absolute Gasteiger partial charge is 0.439 e. The minimum Gasteiger partial charge on any atom is -0.439 e. The summed E-state index contributed by atoms with van der Waals surface area (Å²) < 4.78 is 7.25. The Kier molecular flexibility index (Phi) is 4.79. The lowest BCUT2D eigenvalue weighted by molar-refractivity contribution is 0.451. The van der Waals surface area contributed by atoms with E-state index >= 15 is 0 Å². The minimum atomic E-state index is 0.210. The molecular formula is C16H13ClN6OS. The van der Waals surface area contributed by atoms with E-state index in [4.69, 9.17) is 27.3 Å². The van der Waals surface area contributed by atoms with Crippen molar-refractivity contribution in [3.05, 3.63) is 46.6 Å². The second-order valence-corrected chi connectivity index (χ2v) is 6.24. The highest BCUT2D eigenvalue weighted by molar-refractivity contribution is 7.98. The molecule has 3 aromatic rings. The Bertz CT molecular complexity index is 981. The van der Waals surface area contributed by atoms with Crippen molar-refractivity contribution < 1.29 is 4.74 Å². The van der Waals surface area contributed by atoms with Gasteiger partial charge in [-0.2, -0.15) is 20.0 Å². The zero-order valence-corrected chi connectivity index (χ0v) is 15.0. The van der Waals surface area contributed by atoms with Gasteiger partial charge in [0.1, 0.15) is 23.2 Å². The highest BCUT2D eigenvalue weighted by Crippen LogP contribution is 2.28. The summed E-state index contributed by atoms with van der Waals surface area (Å²) in [4.78, 5) is 8.71. The molecule has 0 unspecified atom stereocenters. The minimum absolute atomic E-state index is 0.210. The maximum atomic E-state index is 9.03. The summed E-state index contributed by atoms with van der Waals surface area (Å²) in [5, 5.41) is 14.3. The van der Waals surface area contributed by atoms with Crippen LogP contribution in [0.5, 0.6) is 11.6 Å². The van der Waals surface area contributed by atoms with Crippen molar-refractivity contribution in [2.24, 2.45) is 0 Å². The first-order chi connectivity index (χ1) is 12.0. The average molecular weight is 373 g/mol. The number of nitrogens with zero attached hydrogens (tertiary/aromatic N) is 5. The summed E-state index contributed by atoms with van der Waals surface area (Å²) >= 11 is 7.33. The van der Waals surface area contributed by atoms with Crippen LogP contribution in [0.4, 0.5) is 5.82 Å². The number of anilines is 1. The molecule has 1 aromatic carbocycles. The topological polar surface area (TPSA) is 103 Å². The first-order valence-corrected chi connectivity index (χ1v) is 8.73. The number of nitriles is 1. The number of nitrogens with two attached hydrogens (primary N) is 1. The van der Waals surface area contributed by atoms with Gasteiger partial charge in [-0.1, -0.05) is 23.4 Å². The summed E-state index contributed by atoms with van der Waals surface area (Å²) in [6.45, 7) is 1.89. The molecule has 2 heterocycles. The first-order valence-electron chi connectivity index (χ1n) is 7.13. The zero-order valence-electron chi connectivity index (χ0n) is 13.4. The summed E-state index contributed by atoms with van der Waals surface area (Å²) in [6.07, 6.45) is 3.24. The molecule has 0 bridgehead atoms. The van der Waals surface area contributed by atoms with Crippen LogP contribution in [-0.4, -0.2) is 26.0 Å². The van der Waals surface area contributed by atoms with Crippen molar-refractivity contribution in [3.63, 3.8) is 0 Å². The van der Waals surface area contributed by atoms with Gasteiger partial charge in [-0.05, 0) is 36.9 Å². The molecule has 0 atom stereocenters. The van der Waals surface area contributed by atoms with E-state index in [0.717, 1.165) is 5.56 Å². The molecule has 25 heavy (non-hydrogen) atoms. The smallest absolute Gasteiger partial charge is 0.225 e. The highest BCUT2D eigenvalue weighted by Gasteiger charge is 2.14. The molecule has 2 N–H and O–H groups in total. The maximum absolute atomic E-state index is 9.03. The summed E-state index contributed by atoms with van der Waals surface area (Å²) in [5.41, 5.74) is 7.09. The fourth-order valence-electron chi connectivity index (χ4n) is 2.11. The Balaban J connectivity index is 2.03. The van der Waals surface area contributed by atoms with Gasteiger partial charge in [-0.25, -0.2) is 4.98 Å². The number of aromatic nitrogens is 4. The van der Waals surface area contributed by atoms with Gasteiger partial charge < -0.3 is 10.5 Å². The van der Waals surface area contributed by atoms with E-state index in [-0.39, 0.29) is 11.4 Å². The van der Waals surface area contributed by atoms with E-state index in [0.29, 0.717) is 27.6 Å². The van der Waals surface area contributed by atoms with E-state index in [1.54, 1.807) is 24.3 Å². The average Bonchev–Trinajstić information content (AvgIpc) is 2.97. The first kappa shape index (κ1) is 17.1. The number of nitrogen functional groups attached to an aromatic ring is 1. The molecular weight excluding hydrogens is 360 g/mol.